The van der Waals surface area contributed by atoms with Crippen LogP contribution in [0.5, 0.6) is 11.5 Å². The highest BCUT2D eigenvalue weighted by Gasteiger charge is 2.48. The van der Waals surface area contributed by atoms with Crippen molar-refractivity contribution in [2.24, 2.45) is 5.41 Å². The number of likely N-dealkylation sites (tertiary alicyclic amines) is 1. The highest BCUT2D eigenvalue weighted by molar-refractivity contribution is 6.30. The molecule has 2 fully saturated rings. The van der Waals surface area contributed by atoms with Crippen molar-refractivity contribution in [3.8, 4) is 17.2 Å². The lowest BCUT2D eigenvalue weighted by Gasteiger charge is -2.55. The van der Waals surface area contributed by atoms with Gasteiger partial charge in [-0.25, -0.2) is 4.98 Å². The summed E-state index contributed by atoms with van der Waals surface area (Å²) in [6.45, 7) is 6.95. The Kier molecular flexibility index (Phi) is 4.85. The molecule has 0 atom stereocenters. The summed E-state index contributed by atoms with van der Waals surface area (Å²) >= 11 is 6.03. The van der Waals surface area contributed by atoms with Crippen molar-refractivity contribution in [2.45, 2.75) is 13.5 Å². The second-order valence-electron chi connectivity index (χ2n) is 8.18. The monoisotopic (exact) mass is 423 g/mol. The minimum absolute atomic E-state index is 0.416. The maximum Gasteiger partial charge on any atom is 0.153 e. The third-order valence-electron chi connectivity index (χ3n) is 5.86. The molecule has 3 aromatic rings. The minimum atomic E-state index is 0.416. The van der Waals surface area contributed by atoms with Gasteiger partial charge in [0.1, 0.15) is 11.5 Å². The number of aldehydes is 1. The summed E-state index contributed by atoms with van der Waals surface area (Å²) in [7, 11) is 0. The number of rotatable bonds is 6. The van der Waals surface area contributed by atoms with E-state index in [-0.39, 0.29) is 0 Å². The highest BCUT2D eigenvalue weighted by Crippen LogP contribution is 2.38. The van der Waals surface area contributed by atoms with Crippen LogP contribution in [0.1, 0.15) is 21.7 Å². The van der Waals surface area contributed by atoms with E-state index in [0.29, 0.717) is 27.5 Å². The number of hydrogen-bond donors (Lipinski definition) is 0. The first-order chi connectivity index (χ1) is 14.5. The van der Waals surface area contributed by atoms with Gasteiger partial charge >= 0.3 is 0 Å². The SMILES string of the molecule is Cc1c(CN2CC3(COC3)C2)ncn1-c1ccc(Oc2cc(Cl)ccc2C=O)cc1. The van der Waals surface area contributed by atoms with E-state index in [0.717, 1.165) is 56.2 Å². The maximum atomic E-state index is 11.2. The molecule has 5 rings (SSSR count). The molecule has 2 saturated heterocycles. The van der Waals surface area contributed by atoms with Gasteiger partial charge in [-0.05, 0) is 43.3 Å². The van der Waals surface area contributed by atoms with Crippen molar-refractivity contribution in [3.05, 3.63) is 70.8 Å². The van der Waals surface area contributed by atoms with Crippen LogP contribution in [-0.2, 0) is 11.3 Å². The fourth-order valence-electron chi connectivity index (χ4n) is 4.16. The normalized spacial score (nSPS) is 17.4. The van der Waals surface area contributed by atoms with Gasteiger partial charge in [-0.1, -0.05) is 11.6 Å². The lowest BCUT2D eigenvalue weighted by Crippen LogP contribution is -2.65. The van der Waals surface area contributed by atoms with E-state index in [4.69, 9.17) is 21.1 Å². The molecule has 0 aliphatic carbocycles. The molecular formula is C23H22ClN3O3. The van der Waals surface area contributed by atoms with E-state index in [9.17, 15) is 4.79 Å². The molecular weight excluding hydrogens is 402 g/mol. The molecule has 0 N–H and O–H groups in total. The van der Waals surface area contributed by atoms with Gasteiger partial charge in [0.25, 0.3) is 0 Å². The van der Waals surface area contributed by atoms with E-state index < -0.39 is 0 Å². The molecule has 154 valence electrons. The molecule has 1 aromatic heterocycles. The molecule has 7 heteroatoms. The number of halogens is 1. The number of imidazole rings is 1. The molecule has 0 radical (unpaired) electrons. The van der Waals surface area contributed by atoms with Gasteiger partial charge in [0.15, 0.2) is 6.29 Å². The molecule has 6 nitrogen and oxygen atoms in total. The predicted molar refractivity (Wildman–Crippen MR) is 114 cm³/mol. The Morgan fingerprint density at radius 1 is 1.20 bits per heavy atom. The van der Waals surface area contributed by atoms with E-state index in [2.05, 4.69) is 21.4 Å². The van der Waals surface area contributed by atoms with Crippen molar-refractivity contribution in [1.82, 2.24) is 14.5 Å². The van der Waals surface area contributed by atoms with Gasteiger partial charge in [0.05, 0.1) is 30.8 Å². The third-order valence-corrected chi connectivity index (χ3v) is 6.10. The number of hydrogen-bond acceptors (Lipinski definition) is 5. The second-order valence-corrected chi connectivity index (χ2v) is 8.62. The van der Waals surface area contributed by atoms with Gasteiger partial charge < -0.3 is 14.0 Å². The Hall–Kier alpha value is -2.67. The first-order valence-corrected chi connectivity index (χ1v) is 10.3. The molecule has 3 heterocycles. The lowest BCUT2D eigenvalue weighted by atomic mass is 9.78. The fourth-order valence-corrected chi connectivity index (χ4v) is 4.32. The van der Waals surface area contributed by atoms with Crippen molar-refractivity contribution >= 4 is 17.9 Å². The minimum Gasteiger partial charge on any atom is -0.457 e. The summed E-state index contributed by atoms with van der Waals surface area (Å²) in [5.41, 5.74) is 4.11. The third kappa shape index (κ3) is 3.51. The van der Waals surface area contributed by atoms with Crippen LogP contribution < -0.4 is 4.74 Å². The summed E-state index contributed by atoms with van der Waals surface area (Å²) < 4.78 is 13.3. The molecule has 2 aliphatic rings. The van der Waals surface area contributed by atoms with Crippen LogP contribution >= 0.6 is 11.6 Å². The average Bonchev–Trinajstić information content (AvgIpc) is 3.04. The molecule has 2 aromatic carbocycles. The summed E-state index contributed by atoms with van der Waals surface area (Å²) in [6, 6.07) is 12.7. The molecule has 0 bridgehead atoms. The largest absolute Gasteiger partial charge is 0.457 e. The summed E-state index contributed by atoms with van der Waals surface area (Å²) in [5, 5.41) is 0.520. The van der Waals surface area contributed by atoms with E-state index in [1.165, 1.54) is 0 Å². The van der Waals surface area contributed by atoms with Crippen LogP contribution in [0.15, 0.2) is 48.8 Å². The average molecular weight is 424 g/mol. The standard InChI is InChI=1S/C23H22ClN3O3/c1-16-21(9-26-11-23(12-26)13-29-14-23)25-15-27(16)19-4-6-20(7-5-19)30-22-8-18(24)3-2-17(22)10-28/h2-8,10,15H,9,11-14H2,1H3. The zero-order valence-corrected chi connectivity index (χ0v) is 17.4. The number of carbonyl (C=O) groups is 1. The van der Waals surface area contributed by atoms with Gasteiger partial charge in [-0.2, -0.15) is 0 Å². The summed E-state index contributed by atoms with van der Waals surface area (Å²) in [6.07, 6.45) is 2.62. The molecule has 0 amide bonds. The number of ether oxygens (including phenoxy) is 2. The Morgan fingerprint density at radius 2 is 1.97 bits per heavy atom. The molecule has 2 aliphatic heterocycles. The Bertz CT molecular complexity index is 1080. The van der Waals surface area contributed by atoms with Crippen LogP contribution in [0.3, 0.4) is 0 Å². The first-order valence-electron chi connectivity index (χ1n) is 9.91. The second kappa shape index (κ2) is 7.54. The number of nitrogens with zero attached hydrogens (tertiary/aromatic N) is 3. The van der Waals surface area contributed by atoms with Crippen LogP contribution in [0.4, 0.5) is 0 Å². The fraction of sp³-hybridized carbons (Fsp3) is 0.304. The number of benzene rings is 2. The molecule has 0 saturated carbocycles. The van der Waals surface area contributed by atoms with Crippen LogP contribution in [-0.4, -0.2) is 47.0 Å². The van der Waals surface area contributed by atoms with E-state index in [1.807, 2.05) is 30.6 Å². The van der Waals surface area contributed by atoms with Crippen molar-refractivity contribution in [3.63, 3.8) is 0 Å². The summed E-state index contributed by atoms with van der Waals surface area (Å²) in [5.74, 6) is 1.08. The van der Waals surface area contributed by atoms with Gasteiger partial charge in [0, 0.05) is 47.5 Å². The maximum absolute atomic E-state index is 11.2. The number of carbonyl (C=O) groups excluding carboxylic acids is 1. The Morgan fingerprint density at radius 3 is 2.63 bits per heavy atom. The lowest BCUT2D eigenvalue weighted by molar-refractivity contribution is -0.191. The van der Waals surface area contributed by atoms with Gasteiger partial charge in [0.2, 0.25) is 0 Å². The number of aromatic nitrogens is 2. The summed E-state index contributed by atoms with van der Waals surface area (Å²) in [4.78, 5) is 18.3. The van der Waals surface area contributed by atoms with Gasteiger partial charge in [-0.15, -0.1) is 0 Å². The molecule has 1 spiro atoms. The predicted octanol–water partition coefficient (Wildman–Crippen LogP) is 4.27. The van der Waals surface area contributed by atoms with E-state index in [1.54, 1.807) is 18.2 Å². The quantitative estimate of drug-likeness (QED) is 0.554. The topological polar surface area (TPSA) is 56.6 Å². The van der Waals surface area contributed by atoms with Crippen LogP contribution in [0.25, 0.3) is 5.69 Å². The first kappa shape index (κ1) is 19.3. The zero-order valence-electron chi connectivity index (χ0n) is 16.7. The molecule has 0 unspecified atom stereocenters. The molecule has 30 heavy (non-hydrogen) atoms. The van der Waals surface area contributed by atoms with Gasteiger partial charge in [-0.3, -0.25) is 9.69 Å². The zero-order chi connectivity index (χ0) is 20.7. The van der Waals surface area contributed by atoms with Crippen LogP contribution in [0, 0.1) is 12.3 Å². The Labute approximate surface area is 180 Å². The smallest absolute Gasteiger partial charge is 0.153 e. The van der Waals surface area contributed by atoms with E-state index >= 15 is 0 Å². The highest BCUT2D eigenvalue weighted by atomic mass is 35.5. The van der Waals surface area contributed by atoms with Crippen molar-refractivity contribution in [1.29, 1.82) is 0 Å². The van der Waals surface area contributed by atoms with Crippen molar-refractivity contribution in [2.75, 3.05) is 26.3 Å². The Balaban J connectivity index is 1.28. The van der Waals surface area contributed by atoms with Crippen LogP contribution in [0.2, 0.25) is 5.02 Å². The van der Waals surface area contributed by atoms with Crippen molar-refractivity contribution < 1.29 is 14.3 Å².